The molecule has 0 unspecified atom stereocenters. The lowest BCUT2D eigenvalue weighted by Gasteiger charge is -2.09. The number of amides is 1. The summed E-state index contributed by atoms with van der Waals surface area (Å²) >= 11 is 3.40. The van der Waals surface area contributed by atoms with E-state index in [1.807, 2.05) is 18.2 Å². The van der Waals surface area contributed by atoms with Crippen LogP contribution in [0.3, 0.4) is 0 Å². The maximum atomic E-state index is 13.0. The van der Waals surface area contributed by atoms with Gasteiger partial charge in [0.05, 0.1) is 17.1 Å². The summed E-state index contributed by atoms with van der Waals surface area (Å²) in [6.07, 6.45) is 4.11. The van der Waals surface area contributed by atoms with Gasteiger partial charge in [-0.3, -0.25) is 9.59 Å². The first-order valence-corrected chi connectivity index (χ1v) is 10.0. The van der Waals surface area contributed by atoms with E-state index in [2.05, 4.69) is 32.9 Å². The number of nitrogens with zero attached hydrogens (tertiary/aromatic N) is 3. The van der Waals surface area contributed by atoms with Crippen LogP contribution < -0.4 is 16.0 Å². The normalized spacial score (nSPS) is 11.2. The third-order valence-corrected chi connectivity index (χ3v) is 4.68. The summed E-state index contributed by atoms with van der Waals surface area (Å²) in [6.45, 7) is 1.88. The molecule has 1 heterocycles. The molecule has 0 aliphatic heterocycles. The Hall–Kier alpha value is -3.00. The summed E-state index contributed by atoms with van der Waals surface area (Å²) in [5.74, 6) is 0.556. The molecular weight excluding hydrogens is 436 g/mol. The van der Waals surface area contributed by atoms with Crippen LogP contribution >= 0.6 is 15.9 Å². The van der Waals surface area contributed by atoms with Gasteiger partial charge in [-0.25, -0.2) is 4.98 Å². The monoisotopic (exact) mass is 456 g/mol. The zero-order valence-corrected chi connectivity index (χ0v) is 17.6. The number of halogens is 1. The molecule has 0 radical (unpaired) electrons. The Labute approximate surface area is 176 Å². The second-order valence-electron chi connectivity index (χ2n) is 6.48. The smallest absolute Gasteiger partial charge is 0.282 e. The van der Waals surface area contributed by atoms with Gasteiger partial charge in [0.1, 0.15) is 11.6 Å². The fraction of sp³-hybridized carbons (Fsp3) is 0.238. The molecule has 1 amide bonds. The number of rotatable bonds is 8. The van der Waals surface area contributed by atoms with Crippen molar-refractivity contribution in [2.45, 2.75) is 26.2 Å². The Balaban J connectivity index is 1.99. The number of nitrogens with two attached hydrogens (primary N) is 1. The minimum absolute atomic E-state index is 0.204. The Bertz CT molecular complexity index is 1120. The maximum Gasteiger partial charge on any atom is 0.282 e. The topological polar surface area (TPSA) is 99.6 Å². The van der Waals surface area contributed by atoms with E-state index < -0.39 is 5.91 Å². The fourth-order valence-electron chi connectivity index (χ4n) is 2.77. The van der Waals surface area contributed by atoms with E-state index in [0.717, 1.165) is 22.9 Å². The van der Waals surface area contributed by atoms with Crippen LogP contribution in [0, 0.1) is 0 Å². The highest BCUT2D eigenvalue weighted by Gasteiger charge is 2.11. The van der Waals surface area contributed by atoms with Crippen LogP contribution in [-0.2, 0) is 11.2 Å². The van der Waals surface area contributed by atoms with Gasteiger partial charge in [0.2, 0.25) is 0 Å². The zero-order valence-electron chi connectivity index (χ0n) is 16.0. The third kappa shape index (κ3) is 5.29. The number of aryl methyl sites for hydroxylation is 1. The fourth-order valence-corrected chi connectivity index (χ4v) is 3.14. The number of aromatic nitrogens is 2. The molecule has 3 rings (SSSR count). The lowest BCUT2D eigenvalue weighted by molar-refractivity contribution is -0.119. The molecule has 0 fully saturated rings. The van der Waals surface area contributed by atoms with Gasteiger partial charge < -0.3 is 10.5 Å². The van der Waals surface area contributed by atoms with Gasteiger partial charge in [-0.15, -0.1) is 0 Å². The molecule has 0 aliphatic rings. The number of carbonyl (C=O) groups excluding carboxylic acids is 1. The molecule has 2 N–H and O–H groups in total. The van der Waals surface area contributed by atoms with Crippen LogP contribution in [0.15, 0.2) is 56.8 Å². The van der Waals surface area contributed by atoms with Crippen LogP contribution in [0.5, 0.6) is 5.75 Å². The van der Waals surface area contributed by atoms with Crippen molar-refractivity contribution in [1.29, 1.82) is 0 Å². The minimum Gasteiger partial charge on any atom is -0.484 e. The van der Waals surface area contributed by atoms with Crippen LogP contribution in [0.4, 0.5) is 0 Å². The average Bonchev–Trinajstić information content (AvgIpc) is 2.71. The van der Waals surface area contributed by atoms with E-state index in [1.165, 1.54) is 4.68 Å². The third-order valence-electron chi connectivity index (χ3n) is 4.19. The highest BCUT2D eigenvalue weighted by atomic mass is 79.9. The molecule has 3 aromatic rings. The molecule has 2 aromatic carbocycles. The molecule has 8 heteroatoms. The van der Waals surface area contributed by atoms with Crippen LogP contribution in [-0.4, -0.2) is 28.4 Å². The standard InChI is InChI=1S/C21H21BrN4O3/c1-2-3-7-20-25-18-9-8-15(22)11-17(18)21(28)26(20)24-12-14-5-4-6-16(10-14)29-13-19(23)27/h4-6,8-12H,2-3,7,13H2,1H3,(H2,23,27). The van der Waals surface area contributed by atoms with Gasteiger partial charge >= 0.3 is 0 Å². The Morgan fingerprint density at radius 2 is 2.14 bits per heavy atom. The Morgan fingerprint density at radius 3 is 2.90 bits per heavy atom. The first-order chi connectivity index (χ1) is 14.0. The van der Waals surface area contributed by atoms with E-state index >= 15 is 0 Å². The largest absolute Gasteiger partial charge is 0.484 e. The van der Waals surface area contributed by atoms with Gasteiger partial charge in [-0.05, 0) is 42.3 Å². The highest BCUT2D eigenvalue weighted by molar-refractivity contribution is 9.10. The van der Waals surface area contributed by atoms with Crippen molar-refractivity contribution in [2.24, 2.45) is 10.8 Å². The number of fused-ring (bicyclic) bond motifs is 1. The van der Waals surface area contributed by atoms with Crippen LogP contribution in [0.2, 0.25) is 0 Å². The Kier molecular flexibility index (Phi) is 6.77. The molecule has 7 nitrogen and oxygen atoms in total. The van der Waals surface area contributed by atoms with Gasteiger partial charge in [0, 0.05) is 10.9 Å². The van der Waals surface area contributed by atoms with Crippen LogP contribution in [0.1, 0.15) is 31.2 Å². The molecule has 1 aromatic heterocycles. The maximum absolute atomic E-state index is 13.0. The first-order valence-electron chi connectivity index (χ1n) is 9.24. The lowest BCUT2D eigenvalue weighted by Crippen LogP contribution is -2.22. The molecule has 0 spiro atoms. The van der Waals surface area contributed by atoms with Crippen molar-refractivity contribution in [1.82, 2.24) is 9.66 Å². The first kappa shape index (κ1) is 20.7. The minimum atomic E-state index is -0.551. The molecule has 29 heavy (non-hydrogen) atoms. The van der Waals surface area contributed by atoms with E-state index in [9.17, 15) is 9.59 Å². The quantitative estimate of drug-likeness (QED) is 0.525. The van der Waals surface area contributed by atoms with Gasteiger partial charge in [0.15, 0.2) is 6.61 Å². The van der Waals surface area contributed by atoms with E-state index in [1.54, 1.807) is 30.5 Å². The van der Waals surface area contributed by atoms with Crippen molar-refractivity contribution in [2.75, 3.05) is 6.61 Å². The summed E-state index contributed by atoms with van der Waals surface area (Å²) < 4.78 is 7.46. The van der Waals surface area contributed by atoms with Gasteiger partial charge in [-0.2, -0.15) is 9.78 Å². The summed E-state index contributed by atoms with van der Waals surface area (Å²) in [6, 6.07) is 12.5. The van der Waals surface area contributed by atoms with Gasteiger partial charge in [-0.1, -0.05) is 41.4 Å². The number of primary amides is 1. The SMILES string of the molecule is CCCCc1nc2ccc(Br)cc2c(=O)n1N=Cc1cccc(OCC(N)=O)c1. The van der Waals surface area contributed by atoms with Crippen molar-refractivity contribution < 1.29 is 9.53 Å². The second-order valence-corrected chi connectivity index (χ2v) is 7.40. The highest BCUT2D eigenvalue weighted by Crippen LogP contribution is 2.17. The second kappa shape index (κ2) is 9.47. The summed E-state index contributed by atoms with van der Waals surface area (Å²) in [7, 11) is 0. The van der Waals surface area contributed by atoms with Crippen molar-refractivity contribution in [3.05, 3.63) is 68.7 Å². The summed E-state index contributed by atoms with van der Waals surface area (Å²) in [5, 5.41) is 4.89. The molecular formula is C21H21BrN4O3. The Morgan fingerprint density at radius 1 is 1.31 bits per heavy atom. The number of hydrogen-bond acceptors (Lipinski definition) is 5. The lowest BCUT2D eigenvalue weighted by atomic mass is 10.2. The van der Waals surface area contributed by atoms with Crippen molar-refractivity contribution >= 4 is 39.0 Å². The number of unbranched alkanes of at least 4 members (excludes halogenated alkanes) is 1. The molecule has 0 bridgehead atoms. The van der Waals surface area contributed by atoms with Gasteiger partial charge in [0.25, 0.3) is 11.5 Å². The number of hydrogen-bond donors (Lipinski definition) is 1. The molecule has 0 atom stereocenters. The van der Waals surface area contributed by atoms with Crippen molar-refractivity contribution in [3.8, 4) is 5.75 Å². The molecule has 0 saturated carbocycles. The summed E-state index contributed by atoms with van der Waals surface area (Å²) in [5.41, 5.74) is 6.25. The molecule has 150 valence electrons. The summed E-state index contributed by atoms with van der Waals surface area (Å²) in [4.78, 5) is 28.6. The van der Waals surface area contributed by atoms with Crippen molar-refractivity contribution in [3.63, 3.8) is 0 Å². The molecule has 0 aliphatic carbocycles. The van der Waals surface area contributed by atoms with E-state index in [-0.39, 0.29) is 12.2 Å². The predicted octanol–water partition coefficient (Wildman–Crippen LogP) is 3.25. The van der Waals surface area contributed by atoms with Crippen LogP contribution in [0.25, 0.3) is 10.9 Å². The number of carbonyl (C=O) groups is 1. The van der Waals surface area contributed by atoms with E-state index in [4.69, 9.17) is 10.5 Å². The predicted molar refractivity (Wildman–Crippen MR) is 116 cm³/mol. The number of ether oxygens (including phenoxy) is 1. The molecule has 0 saturated heterocycles. The average molecular weight is 457 g/mol. The van der Waals surface area contributed by atoms with E-state index in [0.29, 0.717) is 28.9 Å². The zero-order chi connectivity index (χ0) is 20.8. The number of benzene rings is 2.